The second-order valence-electron chi connectivity index (χ2n) is 6.40. The highest BCUT2D eigenvalue weighted by Gasteiger charge is 2.21. The highest BCUT2D eigenvalue weighted by molar-refractivity contribution is 5.73. The molecular formula is C23H22O3. The van der Waals surface area contributed by atoms with Gasteiger partial charge in [-0.2, -0.15) is 0 Å². The molecule has 3 heteroatoms. The van der Waals surface area contributed by atoms with Crippen LogP contribution in [0.2, 0.25) is 0 Å². The van der Waals surface area contributed by atoms with Gasteiger partial charge in [0.15, 0.2) is 6.10 Å². The fraction of sp³-hybridized carbons (Fsp3) is 0.174. The molecule has 0 amide bonds. The van der Waals surface area contributed by atoms with E-state index in [1.54, 1.807) is 0 Å². The summed E-state index contributed by atoms with van der Waals surface area (Å²) in [7, 11) is 0. The molecule has 0 unspecified atom stereocenters. The Labute approximate surface area is 153 Å². The van der Waals surface area contributed by atoms with Gasteiger partial charge in [0.25, 0.3) is 0 Å². The number of carboxylic acids is 1. The third-order valence-electron chi connectivity index (χ3n) is 4.64. The molecule has 3 aromatic carbocycles. The highest BCUT2D eigenvalue weighted by Crippen LogP contribution is 2.24. The van der Waals surface area contributed by atoms with Crippen LogP contribution in [0.15, 0.2) is 72.8 Å². The number of carbonyl (C=O) groups is 1. The maximum absolute atomic E-state index is 11.7. The van der Waals surface area contributed by atoms with Crippen LogP contribution >= 0.6 is 0 Å². The summed E-state index contributed by atoms with van der Waals surface area (Å²) < 4.78 is 5.77. The Balaban J connectivity index is 1.76. The summed E-state index contributed by atoms with van der Waals surface area (Å²) in [5.74, 6) is -0.402. The molecule has 0 aliphatic heterocycles. The van der Waals surface area contributed by atoms with E-state index in [9.17, 15) is 9.90 Å². The lowest BCUT2D eigenvalue weighted by Gasteiger charge is -2.17. The molecule has 132 valence electrons. The first-order valence-corrected chi connectivity index (χ1v) is 8.64. The number of ether oxygens (including phenoxy) is 1. The number of carboxylic acid groups (broad SMARTS) is 1. The minimum atomic E-state index is -0.960. The molecule has 0 fully saturated rings. The minimum absolute atomic E-state index is 0.337. The lowest BCUT2D eigenvalue weighted by molar-refractivity contribution is -0.145. The molecule has 26 heavy (non-hydrogen) atoms. The molecule has 0 spiro atoms. The molecule has 1 N–H and O–H groups in total. The molecule has 0 heterocycles. The van der Waals surface area contributed by atoms with Crippen molar-refractivity contribution in [1.82, 2.24) is 0 Å². The summed E-state index contributed by atoms with van der Waals surface area (Å²) in [5, 5.41) is 9.56. The monoisotopic (exact) mass is 346 g/mol. The average molecular weight is 346 g/mol. The normalized spacial score (nSPS) is 11.8. The Hall–Kier alpha value is -3.07. The van der Waals surface area contributed by atoms with Crippen molar-refractivity contribution < 1.29 is 14.6 Å². The molecule has 1 atom stereocenters. The molecular weight excluding hydrogens is 324 g/mol. The molecule has 0 radical (unpaired) electrons. The maximum atomic E-state index is 11.7. The van der Waals surface area contributed by atoms with Crippen LogP contribution in [0.1, 0.15) is 16.7 Å². The summed E-state index contributed by atoms with van der Waals surface area (Å²) >= 11 is 0. The predicted octanol–water partition coefficient (Wildman–Crippen LogP) is 5.05. The number of benzene rings is 3. The van der Waals surface area contributed by atoms with Gasteiger partial charge in [0.05, 0.1) is 0 Å². The van der Waals surface area contributed by atoms with Gasteiger partial charge in [0, 0.05) is 6.42 Å². The number of aryl methyl sites for hydroxylation is 1. The third-order valence-corrected chi connectivity index (χ3v) is 4.64. The van der Waals surface area contributed by atoms with Crippen LogP contribution in [-0.2, 0) is 11.2 Å². The van der Waals surface area contributed by atoms with Crippen LogP contribution in [0.5, 0.6) is 5.75 Å². The minimum Gasteiger partial charge on any atom is -0.478 e. The SMILES string of the molecule is Cc1cccc(C[C@@H](Oc2ccc(-c3ccccc3)cc2)C(=O)O)c1C. The van der Waals surface area contributed by atoms with Crippen molar-refractivity contribution in [2.45, 2.75) is 26.4 Å². The maximum Gasteiger partial charge on any atom is 0.345 e. The van der Waals surface area contributed by atoms with Crippen molar-refractivity contribution >= 4 is 5.97 Å². The number of aliphatic carboxylic acids is 1. The second-order valence-corrected chi connectivity index (χ2v) is 6.40. The van der Waals surface area contributed by atoms with Crippen molar-refractivity contribution in [3.8, 4) is 16.9 Å². The van der Waals surface area contributed by atoms with Crippen molar-refractivity contribution in [1.29, 1.82) is 0 Å². The lowest BCUT2D eigenvalue weighted by atomic mass is 9.98. The van der Waals surface area contributed by atoms with Gasteiger partial charge >= 0.3 is 5.97 Å². The zero-order chi connectivity index (χ0) is 18.5. The number of rotatable bonds is 6. The van der Waals surface area contributed by atoms with Gasteiger partial charge in [-0.25, -0.2) is 4.79 Å². The molecule has 0 saturated carbocycles. The van der Waals surface area contributed by atoms with E-state index in [1.165, 1.54) is 0 Å². The Bertz CT molecular complexity index is 883. The first kappa shape index (κ1) is 17.7. The van der Waals surface area contributed by atoms with Crippen LogP contribution in [-0.4, -0.2) is 17.2 Å². The summed E-state index contributed by atoms with van der Waals surface area (Å²) in [6, 6.07) is 23.5. The van der Waals surface area contributed by atoms with Crippen molar-refractivity contribution in [2.24, 2.45) is 0 Å². The molecule has 0 aromatic heterocycles. The van der Waals surface area contributed by atoms with E-state index in [4.69, 9.17) is 4.74 Å². The predicted molar refractivity (Wildman–Crippen MR) is 104 cm³/mol. The van der Waals surface area contributed by atoms with E-state index >= 15 is 0 Å². The second kappa shape index (κ2) is 7.87. The largest absolute Gasteiger partial charge is 0.478 e. The van der Waals surface area contributed by atoms with E-state index < -0.39 is 12.1 Å². The molecule has 3 rings (SSSR count). The summed E-state index contributed by atoms with van der Waals surface area (Å²) in [5.41, 5.74) is 5.45. The third kappa shape index (κ3) is 4.12. The Morgan fingerprint density at radius 2 is 1.54 bits per heavy atom. The summed E-state index contributed by atoms with van der Waals surface area (Å²) in [6.07, 6.45) is -0.582. The zero-order valence-corrected chi connectivity index (χ0v) is 15.0. The van der Waals surface area contributed by atoms with Crippen molar-refractivity contribution in [2.75, 3.05) is 0 Å². The molecule has 0 bridgehead atoms. The van der Waals surface area contributed by atoms with Crippen LogP contribution in [0, 0.1) is 13.8 Å². The Kier molecular flexibility index (Phi) is 5.37. The molecule has 3 aromatic rings. The van der Waals surface area contributed by atoms with Gasteiger partial charge in [0.1, 0.15) is 5.75 Å². The Morgan fingerprint density at radius 3 is 2.19 bits per heavy atom. The quantitative estimate of drug-likeness (QED) is 0.680. The molecule has 0 aliphatic rings. The summed E-state index contributed by atoms with van der Waals surface area (Å²) in [4.78, 5) is 11.7. The van der Waals surface area contributed by atoms with Gasteiger partial charge in [-0.15, -0.1) is 0 Å². The molecule has 3 nitrogen and oxygen atoms in total. The average Bonchev–Trinajstić information content (AvgIpc) is 2.66. The first-order valence-electron chi connectivity index (χ1n) is 8.64. The highest BCUT2D eigenvalue weighted by atomic mass is 16.5. The standard InChI is InChI=1S/C23H22O3/c1-16-7-6-10-20(17(16)2)15-22(23(24)25)26-21-13-11-19(12-14-21)18-8-4-3-5-9-18/h3-14,22H,15H2,1-2H3,(H,24,25)/t22-/m1/s1. The van der Waals surface area contributed by atoms with Crippen LogP contribution in [0.25, 0.3) is 11.1 Å². The molecule has 0 aliphatic carbocycles. The van der Waals surface area contributed by atoms with Crippen molar-refractivity contribution in [3.63, 3.8) is 0 Å². The van der Waals surface area contributed by atoms with E-state index in [1.807, 2.05) is 86.6 Å². The first-order chi connectivity index (χ1) is 12.5. The van der Waals surface area contributed by atoms with E-state index in [2.05, 4.69) is 0 Å². The van der Waals surface area contributed by atoms with Crippen LogP contribution < -0.4 is 4.74 Å². The van der Waals surface area contributed by atoms with Gasteiger partial charge in [0.2, 0.25) is 0 Å². The van der Waals surface area contributed by atoms with Crippen molar-refractivity contribution in [3.05, 3.63) is 89.5 Å². The van der Waals surface area contributed by atoms with Crippen LogP contribution in [0.4, 0.5) is 0 Å². The molecule has 0 saturated heterocycles. The van der Waals surface area contributed by atoms with Gasteiger partial charge < -0.3 is 9.84 Å². The summed E-state index contributed by atoms with van der Waals surface area (Å²) in [6.45, 7) is 4.04. The number of hydrogen-bond acceptors (Lipinski definition) is 2. The van der Waals surface area contributed by atoms with E-state index in [-0.39, 0.29) is 0 Å². The van der Waals surface area contributed by atoms with Crippen LogP contribution in [0.3, 0.4) is 0 Å². The topological polar surface area (TPSA) is 46.5 Å². The lowest BCUT2D eigenvalue weighted by Crippen LogP contribution is -2.29. The van der Waals surface area contributed by atoms with E-state index in [0.717, 1.165) is 27.8 Å². The van der Waals surface area contributed by atoms with Gasteiger partial charge in [-0.05, 0) is 53.8 Å². The fourth-order valence-electron chi connectivity index (χ4n) is 2.93. The Morgan fingerprint density at radius 1 is 0.885 bits per heavy atom. The smallest absolute Gasteiger partial charge is 0.345 e. The van der Waals surface area contributed by atoms with E-state index in [0.29, 0.717) is 12.2 Å². The number of hydrogen-bond donors (Lipinski definition) is 1. The van der Waals surface area contributed by atoms with Gasteiger partial charge in [-0.3, -0.25) is 0 Å². The van der Waals surface area contributed by atoms with Gasteiger partial charge in [-0.1, -0.05) is 60.7 Å². The zero-order valence-electron chi connectivity index (χ0n) is 15.0. The fourth-order valence-corrected chi connectivity index (χ4v) is 2.93.